The molecule has 1 rings (SSSR count). The minimum Gasteiger partial charge on any atom is -0.379 e. The van der Waals surface area contributed by atoms with E-state index in [-0.39, 0.29) is 0 Å². The Labute approximate surface area is 135 Å². The molecule has 6 nitrogen and oxygen atoms in total. The lowest BCUT2D eigenvalue weighted by molar-refractivity contribution is -0.0103. The normalized spacial score (nSPS) is 16.2. The van der Waals surface area contributed by atoms with Gasteiger partial charge < -0.3 is 23.7 Å². The van der Waals surface area contributed by atoms with Gasteiger partial charge in [0.1, 0.15) is 0 Å². The van der Waals surface area contributed by atoms with Crippen LogP contribution in [0.5, 0.6) is 0 Å². The van der Waals surface area contributed by atoms with Crippen molar-refractivity contribution in [2.24, 2.45) is 0 Å². The first-order valence-electron chi connectivity index (χ1n) is 8.54. The molecule has 22 heavy (non-hydrogen) atoms. The molecule has 0 amide bonds. The highest BCUT2D eigenvalue weighted by Gasteiger charge is 2.08. The molecule has 0 unspecified atom stereocenters. The second kappa shape index (κ2) is 15.6. The van der Waals surface area contributed by atoms with E-state index in [0.717, 1.165) is 52.5 Å². The van der Waals surface area contributed by atoms with Crippen LogP contribution in [0.25, 0.3) is 0 Å². The molecule has 0 aliphatic carbocycles. The Morgan fingerprint density at radius 1 is 0.727 bits per heavy atom. The lowest BCUT2D eigenvalue weighted by Gasteiger charge is -2.26. The van der Waals surface area contributed by atoms with Crippen molar-refractivity contribution in [3.05, 3.63) is 0 Å². The maximum absolute atomic E-state index is 5.55. The van der Waals surface area contributed by atoms with Gasteiger partial charge >= 0.3 is 0 Å². The van der Waals surface area contributed by atoms with E-state index in [9.17, 15) is 0 Å². The van der Waals surface area contributed by atoms with Gasteiger partial charge in [0, 0.05) is 26.2 Å². The van der Waals surface area contributed by atoms with E-state index in [1.807, 2.05) is 0 Å². The molecule has 0 aromatic heterocycles. The van der Waals surface area contributed by atoms with Gasteiger partial charge in [-0.15, -0.1) is 0 Å². The molecule has 0 saturated carbocycles. The van der Waals surface area contributed by atoms with Crippen LogP contribution in [-0.2, 0) is 23.7 Å². The molecule has 6 heteroatoms. The number of ether oxygens (including phenoxy) is 5. The molecular weight excluding hydrogens is 286 g/mol. The molecule has 0 N–H and O–H groups in total. The summed E-state index contributed by atoms with van der Waals surface area (Å²) in [6.07, 6.45) is 2.29. The Hall–Kier alpha value is -0.240. The predicted octanol–water partition coefficient (Wildman–Crippen LogP) is 1.19. The molecule has 0 atom stereocenters. The summed E-state index contributed by atoms with van der Waals surface area (Å²) in [5.74, 6) is 0. The third-order valence-corrected chi connectivity index (χ3v) is 3.41. The summed E-state index contributed by atoms with van der Waals surface area (Å²) in [4.78, 5) is 2.36. The van der Waals surface area contributed by atoms with E-state index in [2.05, 4.69) is 11.8 Å². The van der Waals surface area contributed by atoms with Crippen molar-refractivity contribution in [2.45, 2.75) is 19.8 Å². The molecule has 0 spiro atoms. The molecule has 1 fully saturated rings. The van der Waals surface area contributed by atoms with E-state index >= 15 is 0 Å². The van der Waals surface area contributed by atoms with Gasteiger partial charge in [-0.3, -0.25) is 4.90 Å². The van der Waals surface area contributed by atoms with E-state index in [0.29, 0.717) is 39.6 Å². The fourth-order valence-corrected chi connectivity index (χ4v) is 2.03. The summed E-state index contributed by atoms with van der Waals surface area (Å²) in [7, 11) is 0. The zero-order valence-corrected chi connectivity index (χ0v) is 14.1. The largest absolute Gasteiger partial charge is 0.379 e. The van der Waals surface area contributed by atoms with E-state index in [4.69, 9.17) is 23.7 Å². The molecule has 1 aliphatic heterocycles. The summed E-state index contributed by atoms with van der Waals surface area (Å²) in [6, 6.07) is 0. The van der Waals surface area contributed by atoms with Gasteiger partial charge in [0.05, 0.1) is 59.5 Å². The Morgan fingerprint density at radius 3 is 1.77 bits per heavy atom. The maximum atomic E-state index is 5.55. The second-order valence-electron chi connectivity index (χ2n) is 5.26. The van der Waals surface area contributed by atoms with Crippen molar-refractivity contribution >= 4 is 0 Å². The molecular formula is C16H33NO5. The third-order valence-electron chi connectivity index (χ3n) is 3.41. The number of hydrogen-bond donors (Lipinski definition) is 0. The number of hydrogen-bond acceptors (Lipinski definition) is 6. The first-order chi connectivity index (χ1) is 10.9. The first kappa shape index (κ1) is 19.8. The summed E-state index contributed by atoms with van der Waals surface area (Å²) in [5.41, 5.74) is 0. The second-order valence-corrected chi connectivity index (χ2v) is 5.26. The summed E-state index contributed by atoms with van der Waals surface area (Å²) < 4.78 is 27.1. The molecule has 0 aromatic carbocycles. The maximum Gasteiger partial charge on any atom is 0.0701 e. The molecule has 0 radical (unpaired) electrons. The van der Waals surface area contributed by atoms with Crippen LogP contribution in [-0.4, -0.2) is 90.6 Å². The highest BCUT2D eigenvalue weighted by atomic mass is 16.6. The zero-order valence-electron chi connectivity index (χ0n) is 14.1. The van der Waals surface area contributed by atoms with Crippen LogP contribution in [0.3, 0.4) is 0 Å². The van der Waals surface area contributed by atoms with Gasteiger partial charge in [-0.05, 0) is 6.42 Å². The van der Waals surface area contributed by atoms with Crippen molar-refractivity contribution in [3.8, 4) is 0 Å². The standard InChI is InChI=1S/C16H33NO5/c1-2-3-7-18-11-13-21-15-16-22-14-12-20-10-6-17-4-8-19-9-5-17/h2-16H2,1H3. The quantitative estimate of drug-likeness (QED) is 0.423. The van der Waals surface area contributed by atoms with Crippen LogP contribution in [0, 0.1) is 0 Å². The average Bonchev–Trinajstić information content (AvgIpc) is 2.56. The fourth-order valence-electron chi connectivity index (χ4n) is 2.03. The Bertz CT molecular complexity index is 225. The van der Waals surface area contributed by atoms with E-state index < -0.39 is 0 Å². The van der Waals surface area contributed by atoms with Crippen LogP contribution in [0.2, 0.25) is 0 Å². The van der Waals surface area contributed by atoms with Crippen LogP contribution in [0.15, 0.2) is 0 Å². The smallest absolute Gasteiger partial charge is 0.0701 e. The Kier molecular flexibility index (Phi) is 14.1. The van der Waals surface area contributed by atoms with Crippen molar-refractivity contribution in [2.75, 3.05) is 85.7 Å². The number of morpholine rings is 1. The van der Waals surface area contributed by atoms with Crippen molar-refractivity contribution in [3.63, 3.8) is 0 Å². The highest BCUT2D eigenvalue weighted by molar-refractivity contribution is 4.60. The Balaban J connectivity index is 1.68. The lowest BCUT2D eigenvalue weighted by Crippen LogP contribution is -2.38. The minimum absolute atomic E-state index is 0.613. The molecule has 132 valence electrons. The van der Waals surface area contributed by atoms with Crippen LogP contribution in [0.4, 0.5) is 0 Å². The van der Waals surface area contributed by atoms with Crippen LogP contribution in [0.1, 0.15) is 19.8 Å². The summed E-state index contributed by atoms with van der Waals surface area (Å²) in [6.45, 7) is 12.2. The predicted molar refractivity (Wildman–Crippen MR) is 85.4 cm³/mol. The van der Waals surface area contributed by atoms with Gasteiger partial charge in [-0.2, -0.15) is 0 Å². The topological polar surface area (TPSA) is 49.4 Å². The van der Waals surface area contributed by atoms with Gasteiger partial charge in [-0.1, -0.05) is 13.3 Å². The molecule has 1 aliphatic rings. The van der Waals surface area contributed by atoms with E-state index in [1.54, 1.807) is 0 Å². The summed E-state index contributed by atoms with van der Waals surface area (Å²) >= 11 is 0. The first-order valence-corrected chi connectivity index (χ1v) is 8.54. The Morgan fingerprint density at radius 2 is 1.23 bits per heavy atom. The van der Waals surface area contributed by atoms with Crippen molar-refractivity contribution < 1.29 is 23.7 Å². The molecule has 1 heterocycles. The number of rotatable bonds is 15. The van der Waals surface area contributed by atoms with Crippen LogP contribution >= 0.6 is 0 Å². The summed E-state index contributed by atoms with van der Waals surface area (Å²) in [5, 5.41) is 0. The van der Waals surface area contributed by atoms with Gasteiger partial charge in [-0.25, -0.2) is 0 Å². The lowest BCUT2D eigenvalue weighted by atomic mass is 10.4. The SMILES string of the molecule is CCCCOCCOCCOCCOCCN1CCOCC1. The van der Waals surface area contributed by atoms with Gasteiger partial charge in [0.25, 0.3) is 0 Å². The average molecular weight is 319 g/mol. The monoisotopic (exact) mass is 319 g/mol. The van der Waals surface area contributed by atoms with Crippen LogP contribution < -0.4 is 0 Å². The van der Waals surface area contributed by atoms with Crippen molar-refractivity contribution in [1.29, 1.82) is 0 Å². The van der Waals surface area contributed by atoms with E-state index in [1.165, 1.54) is 6.42 Å². The number of unbranched alkanes of at least 4 members (excludes halogenated alkanes) is 1. The number of nitrogens with zero attached hydrogens (tertiary/aromatic N) is 1. The van der Waals surface area contributed by atoms with Gasteiger partial charge in [0.15, 0.2) is 0 Å². The van der Waals surface area contributed by atoms with Gasteiger partial charge in [0.2, 0.25) is 0 Å². The molecule has 1 saturated heterocycles. The molecule has 0 aromatic rings. The fraction of sp³-hybridized carbons (Fsp3) is 1.00. The van der Waals surface area contributed by atoms with Crippen molar-refractivity contribution in [1.82, 2.24) is 4.90 Å². The molecule has 0 bridgehead atoms. The third kappa shape index (κ3) is 12.3. The minimum atomic E-state index is 0.613. The highest BCUT2D eigenvalue weighted by Crippen LogP contribution is 1.95. The zero-order chi connectivity index (χ0) is 15.7.